The maximum Gasteiger partial charge on any atom is 0.299 e. The summed E-state index contributed by atoms with van der Waals surface area (Å²) < 4.78 is 40.9. The van der Waals surface area contributed by atoms with E-state index < -0.39 is 16.0 Å². The second-order valence-electron chi connectivity index (χ2n) is 3.80. The van der Waals surface area contributed by atoms with E-state index >= 15 is 0 Å². The number of nitrogens with one attached hydrogen (secondary N) is 2. The Hall–Kier alpha value is -1.65. The zero-order valence-corrected chi connectivity index (χ0v) is 9.59. The molecule has 1 aliphatic carbocycles. The number of benzene rings is 1. The monoisotopic (exact) mass is 255 g/mol. The van der Waals surface area contributed by atoms with E-state index in [0.717, 1.165) is 18.9 Å². The van der Waals surface area contributed by atoms with Gasteiger partial charge in [0.25, 0.3) is 10.2 Å². The average Bonchev–Trinajstić information content (AvgIpc) is 3.04. The van der Waals surface area contributed by atoms with Crippen molar-refractivity contribution in [1.29, 1.82) is 5.26 Å². The van der Waals surface area contributed by atoms with Gasteiger partial charge in [0.15, 0.2) is 0 Å². The second-order valence-corrected chi connectivity index (χ2v) is 5.25. The molecule has 0 heterocycles. The lowest BCUT2D eigenvalue weighted by Gasteiger charge is -2.09. The quantitative estimate of drug-likeness (QED) is 0.845. The molecular formula is C10H10FN3O2S. The van der Waals surface area contributed by atoms with Crippen LogP contribution in [-0.2, 0) is 10.2 Å². The van der Waals surface area contributed by atoms with Crippen molar-refractivity contribution in [2.45, 2.75) is 18.9 Å². The van der Waals surface area contributed by atoms with Crippen LogP contribution < -0.4 is 9.44 Å². The molecular weight excluding hydrogens is 245 g/mol. The van der Waals surface area contributed by atoms with Crippen molar-refractivity contribution in [1.82, 2.24) is 4.72 Å². The average molecular weight is 255 g/mol. The van der Waals surface area contributed by atoms with Gasteiger partial charge in [0.05, 0.1) is 17.3 Å². The first-order valence-electron chi connectivity index (χ1n) is 5.00. The van der Waals surface area contributed by atoms with Crippen LogP contribution in [0.2, 0.25) is 0 Å². The molecule has 1 aromatic carbocycles. The lowest BCUT2D eigenvalue weighted by Crippen LogP contribution is -2.32. The summed E-state index contributed by atoms with van der Waals surface area (Å²) >= 11 is 0. The highest BCUT2D eigenvalue weighted by molar-refractivity contribution is 7.90. The zero-order valence-electron chi connectivity index (χ0n) is 8.77. The van der Waals surface area contributed by atoms with E-state index in [1.807, 2.05) is 0 Å². The summed E-state index contributed by atoms with van der Waals surface area (Å²) in [7, 11) is -3.74. The van der Waals surface area contributed by atoms with Crippen LogP contribution in [0, 0.1) is 17.1 Å². The molecule has 2 N–H and O–H groups in total. The molecule has 2 rings (SSSR count). The Morgan fingerprint density at radius 3 is 2.65 bits per heavy atom. The van der Waals surface area contributed by atoms with Crippen molar-refractivity contribution in [3.05, 3.63) is 29.6 Å². The van der Waals surface area contributed by atoms with Crippen molar-refractivity contribution in [2.75, 3.05) is 4.72 Å². The zero-order chi connectivity index (χ0) is 12.5. The van der Waals surface area contributed by atoms with E-state index in [1.54, 1.807) is 6.07 Å². The summed E-state index contributed by atoms with van der Waals surface area (Å²) in [6.07, 6.45) is 1.60. The number of anilines is 1. The van der Waals surface area contributed by atoms with Crippen LogP contribution in [0.1, 0.15) is 18.4 Å². The molecule has 0 aliphatic heterocycles. The number of rotatable bonds is 4. The summed E-state index contributed by atoms with van der Waals surface area (Å²) in [6.45, 7) is 0. The van der Waals surface area contributed by atoms with Gasteiger partial charge in [0.2, 0.25) is 0 Å². The first-order chi connectivity index (χ1) is 8.00. The third kappa shape index (κ3) is 3.15. The lowest BCUT2D eigenvalue weighted by molar-refractivity contribution is 0.584. The third-order valence-electron chi connectivity index (χ3n) is 2.24. The van der Waals surface area contributed by atoms with Crippen LogP contribution in [0.25, 0.3) is 0 Å². The maximum atomic E-state index is 13.4. The van der Waals surface area contributed by atoms with Crippen molar-refractivity contribution < 1.29 is 12.8 Å². The molecule has 17 heavy (non-hydrogen) atoms. The molecule has 1 aliphatic rings. The number of nitriles is 1. The minimum Gasteiger partial charge on any atom is -0.268 e. The molecule has 0 atom stereocenters. The number of nitrogens with zero attached hydrogens (tertiary/aromatic N) is 1. The molecule has 0 unspecified atom stereocenters. The van der Waals surface area contributed by atoms with E-state index in [-0.39, 0.29) is 17.3 Å². The van der Waals surface area contributed by atoms with Gasteiger partial charge >= 0.3 is 0 Å². The molecule has 0 amide bonds. The van der Waals surface area contributed by atoms with Crippen molar-refractivity contribution >= 4 is 15.9 Å². The summed E-state index contributed by atoms with van der Waals surface area (Å²) in [6, 6.07) is 5.27. The van der Waals surface area contributed by atoms with Crippen molar-refractivity contribution in [3.8, 4) is 6.07 Å². The highest BCUT2D eigenvalue weighted by Crippen LogP contribution is 2.21. The van der Waals surface area contributed by atoms with E-state index in [9.17, 15) is 12.8 Å². The van der Waals surface area contributed by atoms with Crippen LogP contribution in [0.4, 0.5) is 10.1 Å². The number of hydrogen-bond donors (Lipinski definition) is 2. The van der Waals surface area contributed by atoms with Gasteiger partial charge in [-0.1, -0.05) is 0 Å². The molecule has 1 saturated carbocycles. The Balaban J connectivity index is 2.15. The van der Waals surface area contributed by atoms with Gasteiger partial charge in [0.1, 0.15) is 5.82 Å². The molecule has 90 valence electrons. The molecule has 5 nitrogen and oxygen atoms in total. The number of hydrogen-bond acceptors (Lipinski definition) is 3. The topological polar surface area (TPSA) is 82.0 Å². The van der Waals surface area contributed by atoms with Gasteiger partial charge in [-0.2, -0.15) is 18.4 Å². The van der Waals surface area contributed by atoms with E-state index in [1.165, 1.54) is 12.1 Å². The fraction of sp³-hybridized carbons (Fsp3) is 0.300. The minimum atomic E-state index is -3.74. The SMILES string of the molecule is N#Cc1ccc(NS(=O)(=O)NC2CC2)c(F)c1. The molecule has 7 heteroatoms. The van der Waals surface area contributed by atoms with Crippen LogP contribution in [-0.4, -0.2) is 14.5 Å². The van der Waals surface area contributed by atoms with Gasteiger partial charge in [-0.05, 0) is 31.0 Å². The van der Waals surface area contributed by atoms with Gasteiger partial charge in [-0.15, -0.1) is 0 Å². The van der Waals surface area contributed by atoms with Crippen LogP contribution in [0.15, 0.2) is 18.2 Å². The van der Waals surface area contributed by atoms with Crippen LogP contribution >= 0.6 is 0 Å². The Kier molecular flexibility index (Phi) is 3.00. The molecule has 0 spiro atoms. The van der Waals surface area contributed by atoms with Crippen molar-refractivity contribution in [2.24, 2.45) is 0 Å². The first-order valence-corrected chi connectivity index (χ1v) is 6.48. The highest BCUT2D eigenvalue weighted by atomic mass is 32.2. The van der Waals surface area contributed by atoms with Gasteiger partial charge in [-0.3, -0.25) is 4.72 Å². The molecule has 0 aromatic heterocycles. The fourth-order valence-electron chi connectivity index (χ4n) is 1.26. The van der Waals surface area contributed by atoms with E-state index in [2.05, 4.69) is 9.44 Å². The smallest absolute Gasteiger partial charge is 0.268 e. The predicted octanol–water partition coefficient (Wildman–Crippen LogP) is 1.11. The van der Waals surface area contributed by atoms with E-state index in [0.29, 0.717) is 0 Å². The summed E-state index contributed by atoms with van der Waals surface area (Å²) in [5.41, 5.74) is -0.0299. The summed E-state index contributed by atoms with van der Waals surface area (Å²) in [4.78, 5) is 0. The summed E-state index contributed by atoms with van der Waals surface area (Å²) in [5, 5.41) is 8.55. The molecule has 0 saturated heterocycles. The largest absolute Gasteiger partial charge is 0.299 e. The standard InChI is InChI=1S/C10H10FN3O2S/c11-9-5-7(6-12)1-4-10(9)14-17(15,16)13-8-2-3-8/h1,4-5,8,13-14H,2-3H2. The molecule has 1 aromatic rings. The van der Waals surface area contributed by atoms with E-state index in [4.69, 9.17) is 5.26 Å². The second kappa shape index (κ2) is 4.31. The Morgan fingerprint density at radius 2 is 2.12 bits per heavy atom. The maximum absolute atomic E-state index is 13.4. The summed E-state index contributed by atoms with van der Waals surface area (Å²) in [5.74, 6) is -0.773. The number of halogens is 1. The van der Waals surface area contributed by atoms with Gasteiger partial charge in [0, 0.05) is 6.04 Å². The Bertz CT molecular complexity index is 576. The normalized spacial score (nSPS) is 15.3. The fourth-order valence-corrected chi connectivity index (χ4v) is 2.45. The van der Waals surface area contributed by atoms with Crippen LogP contribution in [0.3, 0.4) is 0 Å². The molecule has 0 radical (unpaired) electrons. The lowest BCUT2D eigenvalue weighted by atomic mass is 10.2. The van der Waals surface area contributed by atoms with Gasteiger partial charge < -0.3 is 0 Å². The highest BCUT2D eigenvalue weighted by Gasteiger charge is 2.27. The van der Waals surface area contributed by atoms with Gasteiger partial charge in [-0.25, -0.2) is 4.39 Å². The molecule has 1 fully saturated rings. The third-order valence-corrected chi connectivity index (χ3v) is 3.37. The minimum absolute atomic E-state index is 0.0473. The van der Waals surface area contributed by atoms with Crippen LogP contribution in [0.5, 0.6) is 0 Å². The Labute approximate surface area is 98.4 Å². The first kappa shape index (κ1) is 11.8. The van der Waals surface area contributed by atoms with Crippen molar-refractivity contribution in [3.63, 3.8) is 0 Å². The molecule has 0 bridgehead atoms. The predicted molar refractivity (Wildman–Crippen MR) is 59.8 cm³/mol. The Morgan fingerprint density at radius 1 is 1.41 bits per heavy atom.